The number of likely N-dealkylation sites (tertiary alicyclic amines) is 1. The van der Waals surface area contributed by atoms with Gasteiger partial charge in [-0.15, -0.1) is 0 Å². The summed E-state index contributed by atoms with van der Waals surface area (Å²) in [6, 6.07) is -1.19. The molecule has 1 aliphatic heterocycles. The molecule has 1 heterocycles. The third-order valence-corrected chi connectivity index (χ3v) is 3.33. The zero-order valence-corrected chi connectivity index (χ0v) is 12.2. The van der Waals surface area contributed by atoms with Crippen molar-refractivity contribution in [1.29, 1.82) is 0 Å². The lowest BCUT2D eigenvalue weighted by Crippen LogP contribution is -2.48. The van der Waals surface area contributed by atoms with Gasteiger partial charge in [0.1, 0.15) is 6.04 Å². The van der Waals surface area contributed by atoms with Crippen molar-refractivity contribution < 1.29 is 19.5 Å². The molecule has 0 aliphatic carbocycles. The Labute approximate surface area is 118 Å². The Kier molecular flexibility index (Phi) is 5.94. The first-order valence-corrected chi connectivity index (χ1v) is 6.85. The van der Waals surface area contributed by atoms with E-state index in [2.05, 4.69) is 10.6 Å². The lowest BCUT2D eigenvalue weighted by molar-refractivity contribution is -0.143. The molecule has 7 heteroatoms. The van der Waals surface area contributed by atoms with Crippen LogP contribution < -0.4 is 10.6 Å². The fraction of sp³-hybridized carbons (Fsp3) is 0.769. The summed E-state index contributed by atoms with van der Waals surface area (Å²) in [5.41, 5.74) is 0. The first kappa shape index (κ1) is 16.4. The number of amides is 3. The van der Waals surface area contributed by atoms with Gasteiger partial charge in [-0.2, -0.15) is 0 Å². The fourth-order valence-corrected chi connectivity index (χ4v) is 2.29. The number of nitrogens with zero attached hydrogens (tertiary/aromatic N) is 1. The zero-order valence-electron chi connectivity index (χ0n) is 12.2. The monoisotopic (exact) mass is 285 g/mol. The summed E-state index contributed by atoms with van der Waals surface area (Å²) in [6.07, 6.45) is 0.740. The van der Waals surface area contributed by atoms with Crippen molar-refractivity contribution in [3.05, 3.63) is 0 Å². The molecule has 1 rings (SSSR count). The zero-order chi connectivity index (χ0) is 15.3. The Bertz CT molecular complexity index is 384. The number of imide groups is 1. The summed E-state index contributed by atoms with van der Waals surface area (Å²) in [5.74, 6) is -1.10. The highest BCUT2D eigenvalue weighted by molar-refractivity contribution is 5.95. The molecule has 2 atom stereocenters. The molecule has 7 nitrogen and oxygen atoms in total. The highest BCUT2D eigenvalue weighted by Gasteiger charge is 2.37. The molecule has 0 aromatic heterocycles. The van der Waals surface area contributed by atoms with Crippen LogP contribution in [0.4, 0.5) is 4.79 Å². The van der Waals surface area contributed by atoms with Crippen LogP contribution in [-0.4, -0.2) is 53.6 Å². The molecule has 0 spiro atoms. The van der Waals surface area contributed by atoms with Crippen molar-refractivity contribution in [2.45, 2.75) is 33.2 Å². The maximum Gasteiger partial charge on any atom is 0.321 e. The lowest BCUT2D eigenvalue weighted by atomic mass is 10.0. The van der Waals surface area contributed by atoms with Crippen LogP contribution in [0.3, 0.4) is 0 Å². The summed E-state index contributed by atoms with van der Waals surface area (Å²) in [4.78, 5) is 35.9. The van der Waals surface area contributed by atoms with Crippen LogP contribution in [0.25, 0.3) is 0 Å². The number of urea groups is 1. The second-order valence-corrected chi connectivity index (χ2v) is 5.67. The second kappa shape index (κ2) is 7.23. The average Bonchev–Trinajstić information content (AvgIpc) is 2.67. The van der Waals surface area contributed by atoms with Crippen LogP contribution in [0, 0.1) is 11.8 Å². The Morgan fingerprint density at radius 1 is 1.35 bits per heavy atom. The standard InChI is InChI=1S/C13H23N3O4/c1-8(2)6-14-13(20)15-10(17)7-16-5-4-9(3)11(16)12(18)19/h8-9,11H,4-7H2,1-3H3,(H,18,19)(H2,14,15,17,20). The van der Waals surface area contributed by atoms with Gasteiger partial charge in [0.2, 0.25) is 5.91 Å². The third kappa shape index (κ3) is 4.80. The Morgan fingerprint density at radius 2 is 2.00 bits per heavy atom. The van der Waals surface area contributed by atoms with Crippen LogP contribution in [0.15, 0.2) is 0 Å². The van der Waals surface area contributed by atoms with E-state index in [1.54, 1.807) is 4.90 Å². The van der Waals surface area contributed by atoms with Gasteiger partial charge in [-0.05, 0) is 24.8 Å². The minimum Gasteiger partial charge on any atom is -0.480 e. The van der Waals surface area contributed by atoms with Crippen LogP contribution in [0.2, 0.25) is 0 Å². The van der Waals surface area contributed by atoms with Gasteiger partial charge < -0.3 is 10.4 Å². The van der Waals surface area contributed by atoms with E-state index < -0.39 is 23.9 Å². The molecule has 0 aromatic carbocycles. The van der Waals surface area contributed by atoms with E-state index in [1.165, 1.54) is 0 Å². The number of carboxylic acids is 1. The molecule has 3 amide bonds. The largest absolute Gasteiger partial charge is 0.480 e. The van der Waals surface area contributed by atoms with E-state index in [4.69, 9.17) is 5.11 Å². The molecule has 114 valence electrons. The first-order chi connectivity index (χ1) is 9.31. The van der Waals surface area contributed by atoms with Crippen molar-refractivity contribution in [3.8, 4) is 0 Å². The van der Waals surface area contributed by atoms with Crippen LogP contribution in [-0.2, 0) is 9.59 Å². The van der Waals surface area contributed by atoms with Gasteiger partial charge in [-0.3, -0.25) is 19.8 Å². The topological polar surface area (TPSA) is 98.7 Å². The smallest absolute Gasteiger partial charge is 0.321 e. The van der Waals surface area contributed by atoms with E-state index in [0.717, 1.165) is 6.42 Å². The van der Waals surface area contributed by atoms with Gasteiger partial charge in [-0.25, -0.2) is 4.79 Å². The predicted molar refractivity (Wildman–Crippen MR) is 73.2 cm³/mol. The molecular formula is C13H23N3O4. The van der Waals surface area contributed by atoms with E-state index in [-0.39, 0.29) is 12.5 Å². The molecule has 20 heavy (non-hydrogen) atoms. The van der Waals surface area contributed by atoms with Crippen LogP contribution >= 0.6 is 0 Å². The summed E-state index contributed by atoms with van der Waals surface area (Å²) >= 11 is 0. The van der Waals surface area contributed by atoms with E-state index >= 15 is 0 Å². The Balaban J connectivity index is 2.42. The van der Waals surface area contributed by atoms with Gasteiger partial charge in [0.25, 0.3) is 0 Å². The number of rotatable bonds is 5. The maximum atomic E-state index is 11.7. The van der Waals surface area contributed by atoms with Gasteiger partial charge in [0.15, 0.2) is 0 Å². The Hall–Kier alpha value is -1.63. The minimum absolute atomic E-state index is 0.00932. The molecule has 1 fully saturated rings. The van der Waals surface area contributed by atoms with Crippen molar-refractivity contribution >= 4 is 17.9 Å². The number of carbonyl (C=O) groups excluding carboxylic acids is 2. The number of carbonyl (C=O) groups is 3. The summed E-state index contributed by atoms with van der Waals surface area (Å²) < 4.78 is 0. The van der Waals surface area contributed by atoms with Gasteiger partial charge in [0, 0.05) is 6.54 Å². The molecular weight excluding hydrogens is 262 g/mol. The summed E-state index contributed by atoms with van der Waals surface area (Å²) in [7, 11) is 0. The van der Waals surface area contributed by atoms with Crippen molar-refractivity contribution in [1.82, 2.24) is 15.5 Å². The molecule has 3 N–H and O–H groups in total. The number of hydrogen-bond donors (Lipinski definition) is 3. The number of carboxylic acid groups (broad SMARTS) is 1. The lowest BCUT2D eigenvalue weighted by Gasteiger charge is -2.22. The van der Waals surface area contributed by atoms with Crippen molar-refractivity contribution in [3.63, 3.8) is 0 Å². The fourth-order valence-electron chi connectivity index (χ4n) is 2.29. The predicted octanol–water partition coefficient (Wildman–Crippen LogP) is 0.263. The SMILES string of the molecule is CC(C)CNC(=O)NC(=O)CN1CCC(C)C1C(=O)O. The highest BCUT2D eigenvalue weighted by atomic mass is 16.4. The molecule has 0 bridgehead atoms. The first-order valence-electron chi connectivity index (χ1n) is 6.85. The van der Waals surface area contributed by atoms with Crippen molar-refractivity contribution in [2.24, 2.45) is 11.8 Å². The molecule has 2 unspecified atom stereocenters. The molecule has 1 aliphatic rings. The van der Waals surface area contributed by atoms with Gasteiger partial charge in [-0.1, -0.05) is 20.8 Å². The average molecular weight is 285 g/mol. The Morgan fingerprint density at radius 3 is 2.55 bits per heavy atom. The minimum atomic E-state index is -0.924. The van der Waals surface area contributed by atoms with Gasteiger partial charge >= 0.3 is 12.0 Å². The quantitative estimate of drug-likeness (QED) is 0.673. The second-order valence-electron chi connectivity index (χ2n) is 5.67. The number of aliphatic carboxylic acids is 1. The van der Waals surface area contributed by atoms with Crippen LogP contribution in [0.5, 0.6) is 0 Å². The van der Waals surface area contributed by atoms with E-state index in [1.807, 2.05) is 20.8 Å². The highest BCUT2D eigenvalue weighted by Crippen LogP contribution is 2.23. The molecule has 0 saturated carbocycles. The molecule has 0 aromatic rings. The van der Waals surface area contributed by atoms with Crippen LogP contribution in [0.1, 0.15) is 27.2 Å². The van der Waals surface area contributed by atoms with Crippen molar-refractivity contribution in [2.75, 3.05) is 19.6 Å². The summed E-state index contributed by atoms with van der Waals surface area (Å²) in [6.45, 7) is 6.72. The number of nitrogens with one attached hydrogen (secondary N) is 2. The summed E-state index contributed by atoms with van der Waals surface area (Å²) in [5, 5.41) is 13.9. The van der Waals surface area contributed by atoms with Gasteiger partial charge in [0.05, 0.1) is 6.54 Å². The normalized spacial score (nSPS) is 22.8. The third-order valence-electron chi connectivity index (χ3n) is 3.33. The van der Waals surface area contributed by atoms with E-state index in [9.17, 15) is 14.4 Å². The van der Waals surface area contributed by atoms with E-state index in [0.29, 0.717) is 19.0 Å². The maximum absolute atomic E-state index is 11.7. The number of hydrogen-bond acceptors (Lipinski definition) is 4. The molecule has 1 saturated heterocycles. The molecule has 0 radical (unpaired) electrons.